The number of aliphatic imine (C=N–C) groups is 2. The first-order valence-corrected chi connectivity index (χ1v) is 5.23. The van der Waals surface area contributed by atoms with E-state index in [0.717, 1.165) is 12.3 Å². The number of carbonyl (C=O) groups excluding carboxylic acids is 1. The summed E-state index contributed by atoms with van der Waals surface area (Å²) in [7, 11) is 3.22. The molecule has 16 heavy (non-hydrogen) atoms. The average molecular weight is 228 g/mol. The average Bonchev–Trinajstić information content (AvgIpc) is 2.31. The van der Waals surface area contributed by atoms with Crippen LogP contribution in [0.4, 0.5) is 0 Å². The van der Waals surface area contributed by atoms with Crippen molar-refractivity contribution >= 4 is 18.1 Å². The topological polar surface area (TPSA) is 75.1 Å². The molecule has 1 amide bonds. The van der Waals surface area contributed by atoms with Gasteiger partial charge in [0.25, 0.3) is 0 Å². The molecule has 0 aromatic rings. The van der Waals surface area contributed by atoms with Crippen molar-refractivity contribution in [2.45, 2.75) is 13.3 Å². The second-order valence-electron chi connectivity index (χ2n) is 2.98. The number of hydrogen-bond donors (Lipinski definition) is 2. The molecule has 0 saturated heterocycles. The van der Waals surface area contributed by atoms with Crippen molar-refractivity contribution in [2.24, 2.45) is 9.98 Å². The van der Waals surface area contributed by atoms with Crippen LogP contribution in [0.1, 0.15) is 13.3 Å². The van der Waals surface area contributed by atoms with Crippen LogP contribution in [0, 0.1) is 0 Å². The maximum atomic E-state index is 10.8. The summed E-state index contributed by atoms with van der Waals surface area (Å²) >= 11 is 0. The Morgan fingerprint density at radius 1 is 1.50 bits per heavy atom. The van der Waals surface area contributed by atoms with Crippen LogP contribution in [-0.4, -0.2) is 51.9 Å². The molecule has 0 atom stereocenters. The minimum Gasteiger partial charge on any atom is -0.383 e. The van der Waals surface area contributed by atoms with E-state index >= 15 is 0 Å². The van der Waals surface area contributed by atoms with Crippen LogP contribution in [0.15, 0.2) is 9.98 Å². The zero-order valence-electron chi connectivity index (χ0n) is 10.1. The zero-order valence-corrected chi connectivity index (χ0v) is 10.1. The van der Waals surface area contributed by atoms with Crippen molar-refractivity contribution in [2.75, 3.05) is 33.9 Å². The first-order chi connectivity index (χ1) is 7.74. The van der Waals surface area contributed by atoms with Gasteiger partial charge in [0.05, 0.1) is 6.61 Å². The van der Waals surface area contributed by atoms with Gasteiger partial charge in [-0.15, -0.1) is 0 Å². The molecule has 0 unspecified atom stereocenters. The van der Waals surface area contributed by atoms with Gasteiger partial charge in [-0.3, -0.25) is 9.79 Å². The molecule has 0 aliphatic heterocycles. The highest BCUT2D eigenvalue weighted by Crippen LogP contribution is 1.81. The summed E-state index contributed by atoms with van der Waals surface area (Å²) in [5, 5.41) is 5.58. The summed E-state index contributed by atoms with van der Waals surface area (Å²) in [5.74, 6) is 0.703. The van der Waals surface area contributed by atoms with Gasteiger partial charge < -0.3 is 15.4 Å². The normalized spacial score (nSPS) is 11.8. The minimum absolute atomic E-state index is 0.106. The number of likely N-dealkylation sites (N-methyl/N-ethyl adjacent to an activating group) is 1. The third-order valence-electron chi connectivity index (χ3n) is 1.78. The summed E-state index contributed by atoms with van der Waals surface area (Å²) in [5.41, 5.74) is 0. The Hall–Kier alpha value is -1.43. The van der Waals surface area contributed by atoms with E-state index in [9.17, 15) is 4.79 Å². The predicted octanol–water partition coefficient (Wildman–Crippen LogP) is -0.195. The number of nitrogens with zero attached hydrogens (tertiary/aromatic N) is 2. The molecular formula is C10H20N4O2. The molecule has 0 aliphatic carbocycles. The predicted molar refractivity (Wildman–Crippen MR) is 65.0 cm³/mol. The fraction of sp³-hybridized carbons (Fsp3) is 0.700. The van der Waals surface area contributed by atoms with Crippen molar-refractivity contribution in [3.8, 4) is 0 Å². The maximum absolute atomic E-state index is 10.8. The van der Waals surface area contributed by atoms with Gasteiger partial charge >= 0.3 is 0 Å². The zero-order chi connectivity index (χ0) is 12.2. The highest BCUT2D eigenvalue weighted by molar-refractivity contribution is 5.89. The van der Waals surface area contributed by atoms with Crippen molar-refractivity contribution in [3.05, 3.63) is 0 Å². The SMILES string of the molecule is CC/C(=N\C=N/CC(=O)NC)NCCOC. The molecule has 6 heteroatoms. The van der Waals surface area contributed by atoms with Crippen LogP contribution in [0.5, 0.6) is 0 Å². The molecule has 0 aromatic carbocycles. The number of ether oxygens (including phenoxy) is 1. The van der Waals surface area contributed by atoms with Crippen molar-refractivity contribution in [1.29, 1.82) is 0 Å². The van der Waals surface area contributed by atoms with Crippen LogP contribution < -0.4 is 10.6 Å². The van der Waals surface area contributed by atoms with E-state index in [1.54, 1.807) is 14.2 Å². The lowest BCUT2D eigenvalue weighted by molar-refractivity contribution is -0.119. The number of nitrogens with one attached hydrogen (secondary N) is 2. The van der Waals surface area contributed by atoms with Crippen LogP contribution in [0.3, 0.4) is 0 Å². The molecule has 6 nitrogen and oxygen atoms in total. The van der Waals surface area contributed by atoms with Gasteiger partial charge in [-0.2, -0.15) is 0 Å². The molecule has 2 N–H and O–H groups in total. The second-order valence-corrected chi connectivity index (χ2v) is 2.98. The number of rotatable bonds is 7. The van der Waals surface area contributed by atoms with E-state index in [4.69, 9.17) is 4.74 Å². The Kier molecular flexibility index (Phi) is 9.20. The van der Waals surface area contributed by atoms with E-state index in [2.05, 4.69) is 20.6 Å². The Morgan fingerprint density at radius 2 is 2.25 bits per heavy atom. The Balaban J connectivity index is 3.90. The molecule has 0 aromatic heterocycles. The largest absolute Gasteiger partial charge is 0.383 e. The molecule has 0 saturated carbocycles. The van der Waals surface area contributed by atoms with Gasteiger partial charge in [-0.05, 0) is 0 Å². The van der Waals surface area contributed by atoms with Gasteiger partial charge in [-0.25, -0.2) is 4.99 Å². The molecule has 0 radical (unpaired) electrons. The fourth-order valence-electron chi connectivity index (χ4n) is 0.873. The second kappa shape index (κ2) is 10.1. The molecule has 0 heterocycles. The van der Waals surface area contributed by atoms with Crippen molar-refractivity contribution in [1.82, 2.24) is 10.6 Å². The lowest BCUT2D eigenvalue weighted by Crippen LogP contribution is -2.26. The lowest BCUT2D eigenvalue weighted by Gasteiger charge is -2.05. The quantitative estimate of drug-likeness (QED) is 0.360. The first kappa shape index (κ1) is 14.6. The number of amides is 1. The highest BCUT2D eigenvalue weighted by Gasteiger charge is 1.93. The third-order valence-corrected chi connectivity index (χ3v) is 1.78. The summed E-state index contributed by atoms with van der Waals surface area (Å²) in [6.45, 7) is 3.45. The highest BCUT2D eigenvalue weighted by atomic mass is 16.5. The number of methoxy groups -OCH3 is 1. The van der Waals surface area contributed by atoms with Gasteiger partial charge in [0.2, 0.25) is 5.91 Å². The van der Waals surface area contributed by atoms with Gasteiger partial charge in [0.1, 0.15) is 18.7 Å². The Bertz CT molecular complexity index is 251. The van der Waals surface area contributed by atoms with E-state index in [1.807, 2.05) is 6.92 Å². The van der Waals surface area contributed by atoms with Gasteiger partial charge in [-0.1, -0.05) is 6.92 Å². The van der Waals surface area contributed by atoms with Crippen LogP contribution in [0.25, 0.3) is 0 Å². The molecule has 0 bridgehead atoms. The molecular weight excluding hydrogens is 208 g/mol. The fourth-order valence-corrected chi connectivity index (χ4v) is 0.873. The van der Waals surface area contributed by atoms with Crippen LogP contribution in [-0.2, 0) is 9.53 Å². The Morgan fingerprint density at radius 3 is 2.81 bits per heavy atom. The van der Waals surface area contributed by atoms with Gasteiger partial charge in [0, 0.05) is 27.1 Å². The molecule has 0 aliphatic rings. The van der Waals surface area contributed by atoms with E-state index < -0.39 is 0 Å². The van der Waals surface area contributed by atoms with E-state index in [-0.39, 0.29) is 12.5 Å². The smallest absolute Gasteiger partial charge is 0.241 e. The summed E-state index contributed by atoms with van der Waals surface area (Å²) in [6.07, 6.45) is 2.18. The molecule has 92 valence electrons. The number of carbonyl (C=O) groups is 1. The Labute approximate surface area is 96.2 Å². The monoisotopic (exact) mass is 228 g/mol. The van der Waals surface area contributed by atoms with Crippen LogP contribution >= 0.6 is 0 Å². The molecule has 0 rings (SSSR count). The van der Waals surface area contributed by atoms with Gasteiger partial charge in [0.15, 0.2) is 0 Å². The molecule has 0 spiro atoms. The standard InChI is InChI=1S/C10H20N4O2/c1-4-9(13-5-6-16-3)14-8-12-7-10(15)11-2/h8H,4-7H2,1-3H3,(H,11,15)(H,12,13,14). The summed E-state index contributed by atoms with van der Waals surface area (Å²) in [6, 6.07) is 0. The van der Waals surface area contributed by atoms with Crippen molar-refractivity contribution < 1.29 is 9.53 Å². The van der Waals surface area contributed by atoms with E-state index in [1.165, 1.54) is 6.34 Å². The lowest BCUT2D eigenvalue weighted by atomic mass is 10.4. The van der Waals surface area contributed by atoms with Crippen molar-refractivity contribution in [3.63, 3.8) is 0 Å². The summed E-state index contributed by atoms with van der Waals surface area (Å²) < 4.78 is 4.90. The molecule has 0 fully saturated rings. The number of amidine groups is 1. The first-order valence-electron chi connectivity index (χ1n) is 5.23. The van der Waals surface area contributed by atoms with Crippen LogP contribution in [0.2, 0.25) is 0 Å². The maximum Gasteiger partial charge on any atom is 0.241 e. The van der Waals surface area contributed by atoms with E-state index in [0.29, 0.717) is 13.2 Å². The third kappa shape index (κ3) is 7.93. The number of hydrogen-bond acceptors (Lipinski definition) is 3. The summed E-state index contributed by atoms with van der Waals surface area (Å²) in [4.78, 5) is 18.8. The minimum atomic E-state index is -0.128.